The van der Waals surface area contributed by atoms with E-state index in [0.717, 1.165) is 24.8 Å². The van der Waals surface area contributed by atoms with E-state index in [1.807, 2.05) is 12.1 Å². The molecular formula is C16H25NO. The van der Waals surface area contributed by atoms with Crippen LogP contribution in [0.4, 0.5) is 0 Å². The fourth-order valence-corrected chi connectivity index (χ4v) is 2.67. The van der Waals surface area contributed by atoms with Gasteiger partial charge in [-0.25, -0.2) is 0 Å². The molecule has 2 heteroatoms. The Morgan fingerprint density at radius 3 is 2.61 bits per heavy atom. The summed E-state index contributed by atoms with van der Waals surface area (Å²) in [5.74, 6) is 1.79. The smallest absolute Gasteiger partial charge is 0.119 e. The molecule has 0 amide bonds. The van der Waals surface area contributed by atoms with E-state index < -0.39 is 0 Å². The molecule has 0 aromatic heterocycles. The van der Waals surface area contributed by atoms with E-state index in [2.05, 4.69) is 31.3 Å². The van der Waals surface area contributed by atoms with Gasteiger partial charge in [0, 0.05) is 12.6 Å². The number of rotatable bonds is 5. The maximum Gasteiger partial charge on any atom is 0.119 e. The maximum absolute atomic E-state index is 5.72. The van der Waals surface area contributed by atoms with E-state index in [1.54, 1.807) is 0 Å². The molecule has 0 spiro atoms. The molecule has 1 saturated carbocycles. The highest BCUT2D eigenvalue weighted by atomic mass is 16.5. The lowest BCUT2D eigenvalue weighted by atomic mass is 9.86. The van der Waals surface area contributed by atoms with Crippen molar-refractivity contribution in [2.75, 3.05) is 13.2 Å². The zero-order valence-electron chi connectivity index (χ0n) is 11.6. The van der Waals surface area contributed by atoms with Crippen molar-refractivity contribution in [3.05, 3.63) is 29.8 Å². The summed E-state index contributed by atoms with van der Waals surface area (Å²) < 4.78 is 5.72. The van der Waals surface area contributed by atoms with Crippen LogP contribution >= 0.6 is 0 Å². The highest BCUT2D eigenvalue weighted by Gasteiger charge is 2.19. The van der Waals surface area contributed by atoms with E-state index in [4.69, 9.17) is 4.74 Å². The summed E-state index contributed by atoms with van der Waals surface area (Å²) in [6.45, 7) is 6.16. The van der Waals surface area contributed by atoms with Crippen LogP contribution in [0.25, 0.3) is 0 Å². The van der Waals surface area contributed by atoms with Gasteiger partial charge in [-0.1, -0.05) is 37.5 Å². The lowest BCUT2D eigenvalue weighted by molar-refractivity contribution is 0.251. The van der Waals surface area contributed by atoms with Gasteiger partial charge < -0.3 is 10.1 Å². The Bertz CT molecular complexity index is 347. The minimum absolute atomic E-state index is 0.695. The first kappa shape index (κ1) is 13.4. The highest BCUT2D eigenvalue weighted by molar-refractivity contribution is 5.26. The quantitative estimate of drug-likeness (QED) is 0.804. The molecule has 2 rings (SSSR count). The molecule has 18 heavy (non-hydrogen) atoms. The molecule has 2 nitrogen and oxygen atoms in total. The Kier molecular flexibility index (Phi) is 5.06. The van der Waals surface area contributed by atoms with Crippen LogP contribution in [0.3, 0.4) is 0 Å². The van der Waals surface area contributed by atoms with Gasteiger partial charge in [-0.3, -0.25) is 0 Å². The first-order chi connectivity index (χ1) is 8.75. The molecule has 2 unspecified atom stereocenters. The van der Waals surface area contributed by atoms with Gasteiger partial charge >= 0.3 is 0 Å². The van der Waals surface area contributed by atoms with E-state index >= 15 is 0 Å². The molecule has 0 radical (unpaired) electrons. The van der Waals surface area contributed by atoms with Crippen LogP contribution in [0.1, 0.15) is 38.2 Å². The lowest BCUT2D eigenvalue weighted by Gasteiger charge is -2.29. The van der Waals surface area contributed by atoms with Crippen molar-refractivity contribution in [2.45, 2.75) is 45.6 Å². The van der Waals surface area contributed by atoms with E-state index in [-0.39, 0.29) is 0 Å². The van der Waals surface area contributed by atoms with Crippen molar-refractivity contribution >= 4 is 0 Å². The van der Waals surface area contributed by atoms with Crippen molar-refractivity contribution in [3.63, 3.8) is 0 Å². The minimum atomic E-state index is 0.695. The monoisotopic (exact) mass is 247 g/mol. The van der Waals surface area contributed by atoms with Gasteiger partial charge in [0.05, 0.1) is 0 Å². The summed E-state index contributed by atoms with van der Waals surface area (Å²) in [4.78, 5) is 0. The Morgan fingerprint density at radius 2 is 1.89 bits per heavy atom. The molecule has 0 heterocycles. The van der Waals surface area contributed by atoms with Gasteiger partial charge in [-0.05, 0) is 37.8 Å². The number of nitrogens with one attached hydrogen (secondary N) is 1. The molecule has 2 atom stereocenters. The van der Waals surface area contributed by atoms with Crippen molar-refractivity contribution in [1.29, 1.82) is 0 Å². The van der Waals surface area contributed by atoms with Crippen molar-refractivity contribution in [3.8, 4) is 5.75 Å². The number of aryl methyl sites for hydroxylation is 1. The minimum Gasteiger partial charge on any atom is -0.492 e. The number of ether oxygens (including phenoxy) is 1. The summed E-state index contributed by atoms with van der Waals surface area (Å²) in [6.07, 6.45) is 5.47. The number of hydrogen-bond acceptors (Lipinski definition) is 2. The fourth-order valence-electron chi connectivity index (χ4n) is 2.67. The predicted octanol–water partition coefficient (Wildman–Crippen LogP) is 3.54. The molecule has 100 valence electrons. The second-order valence-electron chi connectivity index (χ2n) is 5.48. The first-order valence-corrected chi connectivity index (χ1v) is 7.18. The van der Waals surface area contributed by atoms with Gasteiger partial charge in [0.2, 0.25) is 0 Å². The molecule has 1 aliphatic rings. The molecule has 0 saturated heterocycles. The van der Waals surface area contributed by atoms with Crippen molar-refractivity contribution in [2.24, 2.45) is 5.92 Å². The van der Waals surface area contributed by atoms with Gasteiger partial charge in [-0.2, -0.15) is 0 Å². The zero-order valence-corrected chi connectivity index (χ0v) is 11.6. The lowest BCUT2D eigenvalue weighted by Crippen LogP contribution is -2.39. The second-order valence-corrected chi connectivity index (χ2v) is 5.48. The van der Waals surface area contributed by atoms with Crippen molar-refractivity contribution < 1.29 is 4.74 Å². The summed E-state index contributed by atoms with van der Waals surface area (Å²) in [7, 11) is 0. The van der Waals surface area contributed by atoms with Crippen molar-refractivity contribution in [1.82, 2.24) is 5.32 Å². The fraction of sp³-hybridized carbons (Fsp3) is 0.625. The average molecular weight is 247 g/mol. The molecule has 1 aliphatic carbocycles. The number of hydrogen-bond donors (Lipinski definition) is 1. The second kappa shape index (κ2) is 6.79. The Morgan fingerprint density at radius 1 is 1.17 bits per heavy atom. The Hall–Kier alpha value is -1.02. The Labute approximate surface area is 111 Å². The molecule has 1 N–H and O–H groups in total. The van der Waals surface area contributed by atoms with Crippen LogP contribution in [0.2, 0.25) is 0 Å². The van der Waals surface area contributed by atoms with E-state index in [9.17, 15) is 0 Å². The van der Waals surface area contributed by atoms with Gasteiger partial charge in [0.15, 0.2) is 0 Å². The summed E-state index contributed by atoms with van der Waals surface area (Å²) in [6, 6.07) is 8.95. The first-order valence-electron chi connectivity index (χ1n) is 7.18. The number of benzene rings is 1. The third-order valence-electron chi connectivity index (χ3n) is 3.91. The SMILES string of the molecule is Cc1ccc(OCCNC2CCCCC2C)cc1. The largest absolute Gasteiger partial charge is 0.492 e. The van der Waals surface area contributed by atoms with E-state index in [0.29, 0.717) is 6.04 Å². The third kappa shape index (κ3) is 4.02. The topological polar surface area (TPSA) is 21.3 Å². The molecular weight excluding hydrogens is 222 g/mol. The molecule has 1 aromatic carbocycles. The average Bonchev–Trinajstić information content (AvgIpc) is 2.39. The zero-order chi connectivity index (χ0) is 12.8. The van der Waals surface area contributed by atoms with Crippen LogP contribution in [0, 0.1) is 12.8 Å². The summed E-state index contributed by atoms with van der Waals surface area (Å²) in [5.41, 5.74) is 1.27. The highest BCUT2D eigenvalue weighted by Crippen LogP contribution is 2.23. The molecule has 1 fully saturated rings. The molecule has 0 bridgehead atoms. The third-order valence-corrected chi connectivity index (χ3v) is 3.91. The van der Waals surface area contributed by atoms with Crippen LogP contribution in [-0.2, 0) is 0 Å². The standard InChI is InChI=1S/C16H25NO/c1-13-7-9-15(10-8-13)18-12-11-17-16-6-4-3-5-14(16)2/h7-10,14,16-17H,3-6,11-12H2,1-2H3. The van der Waals surface area contributed by atoms with Crippen LogP contribution in [0.15, 0.2) is 24.3 Å². The van der Waals surface area contributed by atoms with Gasteiger partial charge in [0.1, 0.15) is 12.4 Å². The van der Waals surface area contributed by atoms with Gasteiger partial charge in [0.25, 0.3) is 0 Å². The van der Waals surface area contributed by atoms with Crippen LogP contribution in [0.5, 0.6) is 5.75 Å². The molecule has 1 aromatic rings. The predicted molar refractivity (Wildman–Crippen MR) is 76.1 cm³/mol. The van der Waals surface area contributed by atoms with Crippen LogP contribution < -0.4 is 10.1 Å². The normalized spacial score (nSPS) is 23.9. The molecule has 0 aliphatic heterocycles. The maximum atomic E-state index is 5.72. The Balaban J connectivity index is 1.65. The van der Waals surface area contributed by atoms with E-state index in [1.165, 1.54) is 31.2 Å². The van der Waals surface area contributed by atoms with Gasteiger partial charge in [-0.15, -0.1) is 0 Å². The summed E-state index contributed by atoms with van der Waals surface area (Å²) >= 11 is 0. The summed E-state index contributed by atoms with van der Waals surface area (Å²) in [5, 5.41) is 3.63. The van der Waals surface area contributed by atoms with Crippen LogP contribution in [-0.4, -0.2) is 19.2 Å².